The molecule has 2 aliphatic rings. The first-order chi connectivity index (χ1) is 23.0. The van der Waals surface area contributed by atoms with E-state index in [1.165, 1.54) is 14.2 Å². The van der Waals surface area contributed by atoms with Crippen LogP contribution in [0.5, 0.6) is 23.0 Å². The van der Waals surface area contributed by atoms with E-state index < -0.39 is 34.0 Å². The van der Waals surface area contributed by atoms with Crippen molar-refractivity contribution in [1.29, 1.82) is 0 Å². The van der Waals surface area contributed by atoms with E-state index in [9.17, 15) is 19.2 Å². The highest BCUT2D eigenvalue weighted by Crippen LogP contribution is 2.50. The van der Waals surface area contributed by atoms with Crippen LogP contribution in [-0.4, -0.2) is 68.1 Å². The van der Waals surface area contributed by atoms with E-state index in [0.29, 0.717) is 86.8 Å². The molecule has 0 radical (unpaired) electrons. The highest BCUT2D eigenvalue weighted by atomic mass is 28.3. The minimum atomic E-state index is -1.56. The Morgan fingerprint density at radius 3 is 1.67 bits per heavy atom. The quantitative estimate of drug-likeness (QED) is 0.0769. The molecule has 49 heavy (non-hydrogen) atoms. The molecule has 0 N–H and O–H groups in total. The number of methoxy groups -OCH3 is 2. The highest BCUT2D eigenvalue weighted by molar-refractivity contribution is 6.76. The van der Waals surface area contributed by atoms with Gasteiger partial charge in [-0.05, 0) is 55.1 Å². The van der Waals surface area contributed by atoms with Gasteiger partial charge >= 0.3 is 11.9 Å². The van der Waals surface area contributed by atoms with Crippen LogP contribution in [0.25, 0.3) is 0 Å². The first-order valence-electron chi connectivity index (χ1n) is 16.6. The lowest BCUT2D eigenvalue weighted by Gasteiger charge is -2.27. The standard InChI is InChI=1S/C37H50O10Si2/c1-21(17-38)24(16-25-32(42-4)22(2)27-19-46-36(40)30(27)34(25)44-12-14-48(6,7)8)26(18-39)29-33(43-5)23(3)28-20-47-37(41)31(28)35(29)45-13-15-49(9,10)11/h17-18,26H,12-16,19-20H2,1-11H3. The number of ether oxygens (including phenoxy) is 6. The molecule has 10 nitrogen and oxygen atoms in total. The fourth-order valence-electron chi connectivity index (χ4n) is 6.35. The van der Waals surface area contributed by atoms with Crippen molar-refractivity contribution in [2.24, 2.45) is 0 Å². The van der Waals surface area contributed by atoms with Crippen LogP contribution in [0.3, 0.4) is 0 Å². The first kappa shape index (κ1) is 37.9. The molecule has 4 rings (SSSR count). The Bertz CT molecular complexity index is 1690. The van der Waals surface area contributed by atoms with Crippen molar-refractivity contribution in [3.05, 3.63) is 55.7 Å². The summed E-state index contributed by atoms with van der Waals surface area (Å²) in [5.41, 5.74) is 4.87. The average molecular weight is 711 g/mol. The zero-order valence-corrected chi connectivity index (χ0v) is 32.8. The maximum Gasteiger partial charge on any atom is 0.342 e. The Hall–Kier alpha value is -3.91. The zero-order chi connectivity index (χ0) is 36.4. The minimum Gasteiger partial charge on any atom is -0.496 e. The molecular formula is C37H50O10Si2. The van der Waals surface area contributed by atoms with Crippen molar-refractivity contribution in [3.8, 4) is 23.0 Å². The van der Waals surface area contributed by atoms with Crippen molar-refractivity contribution < 1.29 is 47.6 Å². The second kappa shape index (κ2) is 14.9. The molecule has 0 saturated heterocycles. The lowest BCUT2D eigenvalue weighted by molar-refractivity contribution is -0.108. The molecule has 0 fully saturated rings. The fraction of sp³-hybridized carbons (Fsp3) is 0.514. The van der Waals surface area contributed by atoms with Gasteiger partial charge in [-0.1, -0.05) is 39.3 Å². The number of allylic oxidation sites excluding steroid dienone is 2. The number of benzene rings is 2. The van der Waals surface area contributed by atoms with E-state index in [-0.39, 0.29) is 30.9 Å². The van der Waals surface area contributed by atoms with Crippen LogP contribution in [0.15, 0.2) is 11.1 Å². The lowest BCUT2D eigenvalue weighted by Crippen LogP contribution is -2.24. The van der Waals surface area contributed by atoms with Crippen molar-refractivity contribution in [2.75, 3.05) is 27.4 Å². The third-order valence-corrected chi connectivity index (χ3v) is 12.7. The van der Waals surface area contributed by atoms with E-state index in [0.717, 1.165) is 18.4 Å². The molecule has 2 aliphatic heterocycles. The van der Waals surface area contributed by atoms with Crippen LogP contribution < -0.4 is 18.9 Å². The minimum absolute atomic E-state index is 0.0128. The van der Waals surface area contributed by atoms with Crippen LogP contribution in [-0.2, 0) is 38.7 Å². The summed E-state index contributed by atoms with van der Waals surface area (Å²) in [5.74, 6) is -0.722. The van der Waals surface area contributed by atoms with Gasteiger partial charge in [0.2, 0.25) is 0 Å². The smallest absolute Gasteiger partial charge is 0.342 e. The molecule has 0 amide bonds. The van der Waals surface area contributed by atoms with Crippen molar-refractivity contribution >= 4 is 40.7 Å². The summed E-state index contributed by atoms with van der Waals surface area (Å²) in [5, 5.41) is 0. The number of rotatable bonds is 16. The predicted molar refractivity (Wildman–Crippen MR) is 192 cm³/mol. The molecular weight excluding hydrogens is 661 g/mol. The van der Waals surface area contributed by atoms with Gasteiger partial charge in [0, 0.05) is 39.3 Å². The van der Waals surface area contributed by atoms with Crippen LogP contribution in [0.1, 0.15) is 66.9 Å². The maximum absolute atomic E-state index is 13.4. The number of aldehydes is 2. The van der Waals surface area contributed by atoms with E-state index in [2.05, 4.69) is 39.3 Å². The zero-order valence-electron chi connectivity index (χ0n) is 30.8. The summed E-state index contributed by atoms with van der Waals surface area (Å²) in [6.07, 6.45) is 1.45. The van der Waals surface area contributed by atoms with Crippen LogP contribution in [0, 0.1) is 13.8 Å². The molecule has 2 heterocycles. The molecule has 0 aliphatic carbocycles. The van der Waals surface area contributed by atoms with E-state index in [1.807, 2.05) is 13.8 Å². The summed E-state index contributed by atoms with van der Waals surface area (Å²) < 4.78 is 35.7. The van der Waals surface area contributed by atoms with E-state index >= 15 is 0 Å². The molecule has 266 valence electrons. The van der Waals surface area contributed by atoms with Gasteiger partial charge in [0.05, 0.1) is 38.9 Å². The van der Waals surface area contributed by atoms with Crippen LogP contribution in [0.4, 0.5) is 0 Å². The van der Waals surface area contributed by atoms with Crippen molar-refractivity contribution in [1.82, 2.24) is 0 Å². The number of hydrogen-bond donors (Lipinski definition) is 0. The second-order valence-corrected chi connectivity index (χ2v) is 26.4. The molecule has 2 aromatic carbocycles. The Morgan fingerprint density at radius 1 is 0.755 bits per heavy atom. The van der Waals surface area contributed by atoms with Gasteiger partial charge in [-0.25, -0.2) is 9.59 Å². The second-order valence-electron chi connectivity index (χ2n) is 15.2. The average Bonchev–Trinajstić information content (AvgIpc) is 3.61. The number of carbonyl (C=O) groups is 4. The van der Waals surface area contributed by atoms with Crippen LogP contribution >= 0.6 is 0 Å². The topological polar surface area (TPSA) is 124 Å². The normalized spacial score (nSPS) is 15.1. The molecule has 1 unspecified atom stereocenters. The number of fused-ring (bicyclic) bond motifs is 2. The van der Waals surface area contributed by atoms with Crippen LogP contribution in [0.2, 0.25) is 51.4 Å². The summed E-state index contributed by atoms with van der Waals surface area (Å²) in [7, 11) is -0.0387. The van der Waals surface area contributed by atoms with Gasteiger partial charge in [0.1, 0.15) is 59.9 Å². The summed E-state index contributed by atoms with van der Waals surface area (Å²) >= 11 is 0. The van der Waals surface area contributed by atoms with Gasteiger partial charge in [-0.3, -0.25) is 4.79 Å². The molecule has 0 saturated carbocycles. The summed E-state index contributed by atoms with van der Waals surface area (Å²) in [6, 6.07) is 1.63. The number of cyclic esters (lactones) is 2. The Morgan fingerprint density at radius 2 is 1.22 bits per heavy atom. The summed E-state index contributed by atoms with van der Waals surface area (Å²) in [4.78, 5) is 52.4. The molecule has 2 aromatic rings. The molecule has 0 spiro atoms. The molecule has 0 bridgehead atoms. The fourth-order valence-corrected chi connectivity index (χ4v) is 7.78. The molecule has 12 heteroatoms. The third kappa shape index (κ3) is 7.80. The Balaban J connectivity index is 1.99. The van der Waals surface area contributed by atoms with E-state index in [1.54, 1.807) is 6.92 Å². The van der Waals surface area contributed by atoms with Gasteiger partial charge < -0.3 is 33.2 Å². The Labute approximate surface area is 291 Å². The number of hydrogen-bond acceptors (Lipinski definition) is 10. The third-order valence-electron chi connectivity index (χ3n) is 9.26. The van der Waals surface area contributed by atoms with Gasteiger partial charge in [-0.2, -0.15) is 0 Å². The Kier molecular flexibility index (Phi) is 11.5. The first-order valence-corrected chi connectivity index (χ1v) is 24.1. The predicted octanol–water partition coefficient (Wildman–Crippen LogP) is 7.14. The SMILES string of the molecule is COc1c(C)c2c(c(OCC[Si](C)(C)C)c1CC(=C(C)C=O)C(C=O)c1c(OC)c(C)c3c(c1OCC[Si](C)(C)C)C(=O)OC3)C(=O)OC2. The molecule has 0 aromatic heterocycles. The van der Waals surface area contributed by atoms with Gasteiger partial charge in [0.25, 0.3) is 0 Å². The maximum atomic E-state index is 13.4. The largest absolute Gasteiger partial charge is 0.496 e. The molecule has 1 atom stereocenters. The van der Waals surface area contributed by atoms with E-state index in [4.69, 9.17) is 28.4 Å². The number of esters is 2. The van der Waals surface area contributed by atoms with Gasteiger partial charge in [0.15, 0.2) is 0 Å². The van der Waals surface area contributed by atoms with Crippen molar-refractivity contribution in [2.45, 2.75) is 97.7 Å². The lowest BCUT2D eigenvalue weighted by atomic mass is 9.81. The van der Waals surface area contributed by atoms with Gasteiger partial charge in [-0.15, -0.1) is 0 Å². The monoisotopic (exact) mass is 710 g/mol. The number of carbonyl (C=O) groups excluding carboxylic acids is 4. The highest BCUT2D eigenvalue weighted by Gasteiger charge is 2.39. The van der Waals surface area contributed by atoms with Crippen molar-refractivity contribution in [3.63, 3.8) is 0 Å². The summed E-state index contributed by atoms with van der Waals surface area (Å²) in [6.45, 7) is 19.5.